The normalized spacial score (nSPS) is 14.7. The lowest BCUT2D eigenvalue weighted by atomic mass is 9.99. The fourth-order valence-corrected chi connectivity index (χ4v) is 4.13. The van der Waals surface area contributed by atoms with Gasteiger partial charge in [0.25, 0.3) is 0 Å². The molecule has 8 heteroatoms. The van der Waals surface area contributed by atoms with Gasteiger partial charge in [-0.2, -0.15) is 4.31 Å². The van der Waals surface area contributed by atoms with E-state index in [-0.39, 0.29) is 12.3 Å². The Morgan fingerprint density at radius 3 is 2.65 bits per heavy atom. The molecule has 0 atom stereocenters. The van der Waals surface area contributed by atoms with Crippen molar-refractivity contribution in [2.45, 2.75) is 19.4 Å². The lowest BCUT2D eigenvalue weighted by molar-refractivity contribution is -0.115. The Balaban J connectivity index is 1.75. The van der Waals surface area contributed by atoms with Gasteiger partial charge >= 0.3 is 0 Å². The van der Waals surface area contributed by atoms with Gasteiger partial charge in [-0.25, -0.2) is 8.42 Å². The summed E-state index contributed by atoms with van der Waals surface area (Å²) >= 11 is 11.9. The van der Waals surface area contributed by atoms with E-state index in [2.05, 4.69) is 5.32 Å². The van der Waals surface area contributed by atoms with E-state index in [0.29, 0.717) is 29.6 Å². The highest BCUT2D eigenvalue weighted by molar-refractivity contribution is 7.88. The average molecular weight is 413 g/mol. The summed E-state index contributed by atoms with van der Waals surface area (Å²) in [6.07, 6.45) is 1.95. The molecule has 2 aromatic carbocycles. The van der Waals surface area contributed by atoms with Gasteiger partial charge in [0.1, 0.15) is 0 Å². The van der Waals surface area contributed by atoms with Crippen molar-refractivity contribution in [1.82, 2.24) is 4.31 Å². The summed E-state index contributed by atoms with van der Waals surface area (Å²) in [6.45, 7) is 0.732. The molecule has 0 spiro atoms. The number of nitrogens with one attached hydrogen (secondary N) is 1. The highest BCUT2D eigenvalue weighted by Gasteiger charge is 2.24. The van der Waals surface area contributed by atoms with Crippen LogP contribution in [0, 0.1) is 0 Å². The minimum absolute atomic E-state index is 0.165. The fraction of sp³-hybridized carbons (Fsp3) is 0.278. The number of fused-ring (bicyclic) bond motifs is 1. The van der Waals surface area contributed by atoms with Crippen LogP contribution in [0.3, 0.4) is 0 Å². The van der Waals surface area contributed by atoms with Gasteiger partial charge in [0.15, 0.2) is 0 Å². The van der Waals surface area contributed by atoms with E-state index in [1.54, 1.807) is 18.2 Å². The van der Waals surface area contributed by atoms with Gasteiger partial charge in [-0.05, 0) is 41.3 Å². The van der Waals surface area contributed by atoms with Crippen LogP contribution < -0.4 is 5.32 Å². The zero-order valence-corrected chi connectivity index (χ0v) is 16.5. The molecule has 0 fully saturated rings. The standard InChI is InChI=1S/C18H18Cl2N2O3S/c1-26(24,25)22-8-7-14-13(11-22)3-2-4-17(14)21-18(23)10-12-5-6-15(19)16(20)9-12/h2-6,9H,7-8,10-11H2,1H3,(H,21,23). The van der Waals surface area contributed by atoms with Crippen LogP contribution >= 0.6 is 23.2 Å². The molecule has 1 amide bonds. The quantitative estimate of drug-likeness (QED) is 0.835. The first-order chi connectivity index (χ1) is 12.2. The molecule has 1 N–H and O–H groups in total. The van der Waals surface area contributed by atoms with Crippen LogP contribution in [0.4, 0.5) is 5.69 Å². The van der Waals surface area contributed by atoms with Gasteiger partial charge in [-0.15, -0.1) is 0 Å². The van der Waals surface area contributed by atoms with E-state index in [4.69, 9.17) is 23.2 Å². The lowest BCUT2D eigenvalue weighted by Crippen LogP contribution is -2.35. The van der Waals surface area contributed by atoms with Crippen LogP contribution in [0.5, 0.6) is 0 Å². The van der Waals surface area contributed by atoms with Gasteiger partial charge in [-0.3, -0.25) is 4.79 Å². The Bertz CT molecular complexity index is 961. The smallest absolute Gasteiger partial charge is 0.228 e. The van der Waals surface area contributed by atoms with Gasteiger partial charge in [0.05, 0.1) is 22.7 Å². The molecule has 3 rings (SSSR count). The van der Waals surface area contributed by atoms with Crippen LogP contribution in [0.1, 0.15) is 16.7 Å². The molecule has 1 heterocycles. The highest BCUT2D eigenvalue weighted by atomic mass is 35.5. The number of halogens is 2. The van der Waals surface area contributed by atoms with Crippen molar-refractivity contribution in [2.24, 2.45) is 0 Å². The third-order valence-electron chi connectivity index (χ3n) is 4.32. The van der Waals surface area contributed by atoms with E-state index in [0.717, 1.165) is 22.4 Å². The van der Waals surface area contributed by atoms with E-state index < -0.39 is 10.0 Å². The van der Waals surface area contributed by atoms with Crippen molar-refractivity contribution in [3.8, 4) is 0 Å². The maximum atomic E-state index is 12.4. The van der Waals surface area contributed by atoms with Crippen molar-refractivity contribution < 1.29 is 13.2 Å². The Kier molecular flexibility index (Phi) is 5.58. The van der Waals surface area contributed by atoms with Crippen LogP contribution in [0.2, 0.25) is 10.0 Å². The molecule has 1 aliphatic rings. The number of hydrogen-bond donors (Lipinski definition) is 1. The topological polar surface area (TPSA) is 66.5 Å². The molecule has 26 heavy (non-hydrogen) atoms. The van der Waals surface area contributed by atoms with Crippen molar-refractivity contribution in [2.75, 3.05) is 18.1 Å². The maximum absolute atomic E-state index is 12.4. The van der Waals surface area contributed by atoms with Crippen molar-refractivity contribution >= 4 is 44.8 Å². The molecule has 0 aromatic heterocycles. The first kappa shape index (κ1) is 19.2. The summed E-state index contributed by atoms with van der Waals surface area (Å²) in [5, 5.41) is 3.78. The predicted octanol–water partition coefficient (Wildman–Crippen LogP) is 3.49. The third-order valence-corrected chi connectivity index (χ3v) is 6.31. The fourth-order valence-electron chi connectivity index (χ4n) is 3.01. The second-order valence-electron chi connectivity index (χ2n) is 6.26. The molecule has 0 aliphatic carbocycles. The van der Waals surface area contributed by atoms with E-state index in [9.17, 15) is 13.2 Å². The Hall–Kier alpha value is -1.60. The summed E-state index contributed by atoms with van der Waals surface area (Å²) in [6, 6.07) is 10.6. The van der Waals surface area contributed by atoms with Crippen LogP contribution in [0.25, 0.3) is 0 Å². The van der Waals surface area contributed by atoms with Crippen LogP contribution in [-0.4, -0.2) is 31.4 Å². The SMILES string of the molecule is CS(=O)(=O)N1CCc2c(cccc2NC(=O)Cc2ccc(Cl)c(Cl)c2)C1. The lowest BCUT2D eigenvalue weighted by Gasteiger charge is -2.28. The number of anilines is 1. The Labute approximate surface area is 163 Å². The number of nitrogens with zero attached hydrogens (tertiary/aromatic N) is 1. The van der Waals surface area contributed by atoms with Gasteiger partial charge in [0, 0.05) is 18.8 Å². The molecule has 0 radical (unpaired) electrons. The first-order valence-corrected chi connectivity index (χ1v) is 10.6. The molecule has 0 unspecified atom stereocenters. The molecular weight excluding hydrogens is 395 g/mol. The monoisotopic (exact) mass is 412 g/mol. The number of carbonyl (C=O) groups excluding carboxylic acids is 1. The molecule has 5 nitrogen and oxygen atoms in total. The summed E-state index contributed by atoms with van der Waals surface area (Å²) in [7, 11) is -3.23. The van der Waals surface area contributed by atoms with Gasteiger partial charge in [0.2, 0.25) is 15.9 Å². The number of hydrogen-bond acceptors (Lipinski definition) is 3. The molecular formula is C18H18Cl2N2O3S. The average Bonchev–Trinajstić information content (AvgIpc) is 2.57. The molecule has 0 bridgehead atoms. The Morgan fingerprint density at radius 2 is 1.96 bits per heavy atom. The summed E-state index contributed by atoms with van der Waals surface area (Å²) in [5.74, 6) is -0.165. The molecule has 138 valence electrons. The van der Waals surface area contributed by atoms with E-state index >= 15 is 0 Å². The first-order valence-electron chi connectivity index (χ1n) is 8.03. The summed E-state index contributed by atoms with van der Waals surface area (Å²) < 4.78 is 24.9. The number of rotatable bonds is 4. The maximum Gasteiger partial charge on any atom is 0.228 e. The van der Waals surface area contributed by atoms with E-state index in [1.165, 1.54) is 10.6 Å². The minimum atomic E-state index is -3.23. The highest BCUT2D eigenvalue weighted by Crippen LogP contribution is 2.28. The number of benzene rings is 2. The number of carbonyl (C=O) groups is 1. The van der Waals surface area contributed by atoms with Crippen LogP contribution in [0.15, 0.2) is 36.4 Å². The largest absolute Gasteiger partial charge is 0.326 e. The summed E-state index contributed by atoms with van der Waals surface area (Å²) in [4.78, 5) is 12.4. The second-order valence-corrected chi connectivity index (χ2v) is 9.06. The zero-order chi connectivity index (χ0) is 18.9. The molecule has 0 saturated heterocycles. The molecule has 1 aliphatic heterocycles. The van der Waals surface area contributed by atoms with Crippen LogP contribution in [-0.2, 0) is 34.2 Å². The Morgan fingerprint density at radius 1 is 1.19 bits per heavy atom. The predicted molar refractivity (Wildman–Crippen MR) is 104 cm³/mol. The van der Waals surface area contributed by atoms with Gasteiger partial charge in [-0.1, -0.05) is 41.4 Å². The third kappa shape index (κ3) is 4.38. The molecule has 2 aromatic rings. The van der Waals surface area contributed by atoms with Crippen molar-refractivity contribution in [3.05, 3.63) is 63.1 Å². The molecule has 0 saturated carbocycles. The minimum Gasteiger partial charge on any atom is -0.326 e. The summed E-state index contributed by atoms with van der Waals surface area (Å²) in [5.41, 5.74) is 3.38. The number of sulfonamides is 1. The second kappa shape index (κ2) is 7.56. The zero-order valence-electron chi connectivity index (χ0n) is 14.1. The van der Waals surface area contributed by atoms with Gasteiger partial charge < -0.3 is 5.32 Å². The van der Waals surface area contributed by atoms with Crippen molar-refractivity contribution in [1.29, 1.82) is 0 Å². The van der Waals surface area contributed by atoms with E-state index in [1.807, 2.05) is 18.2 Å². The number of amides is 1. The van der Waals surface area contributed by atoms with Crippen molar-refractivity contribution in [3.63, 3.8) is 0 Å².